The second-order valence-corrected chi connectivity index (χ2v) is 4.83. The van der Waals surface area contributed by atoms with Gasteiger partial charge in [0.1, 0.15) is 11.4 Å². The fraction of sp³-hybridized carbons (Fsp3) is 0.643. The Morgan fingerprint density at radius 1 is 1.44 bits per heavy atom. The van der Waals surface area contributed by atoms with Crippen LogP contribution in [0.25, 0.3) is 0 Å². The number of halogens is 1. The Hall–Kier alpha value is -1.16. The molecule has 0 saturated carbocycles. The van der Waals surface area contributed by atoms with E-state index in [1.165, 1.54) is 0 Å². The van der Waals surface area contributed by atoms with Crippen molar-refractivity contribution in [2.75, 3.05) is 13.7 Å². The molecule has 1 unspecified atom stereocenters. The molecule has 0 fully saturated rings. The minimum atomic E-state index is -1.37. The molecule has 4 heteroatoms. The first-order chi connectivity index (χ1) is 8.47. The Bertz CT molecular complexity index is 409. The minimum absolute atomic E-state index is 0.0259. The van der Waals surface area contributed by atoms with E-state index in [1.54, 1.807) is 13.3 Å². The number of hydrogen-bond donors (Lipinski definition) is 1. The molecule has 1 rings (SSSR count). The molecule has 1 atom stereocenters. The van der Waals surface area contributed by atoms with Gasteiger partial charge in [0.05, 0.1) is 12.8 Å². The zero-order chi connectivity index (χ0) is 13.8. The molecule has 3 nitrogen and oxygen atoms in total. The van der Waals surface area contributed by atoms with Gasteiger partial charge in [-0.2, -0.15) is 0 Å². The summed E-state index contributed by atoms with van der Waals surface area (Å²) in [5, 5.41) is 0. The van der Waals surface area contributed by atoms with Crippen LogP contribution in [0.1, 0.15) is 36.6 Å². The smallest absolute Gasteiger partial charge is 0.128 e. The van der Waals surface area contributed by atoms with Gasteiger partial charge in [-0.15, -0.1) is 0 Å². The van der Waals surface area contributed by atoms with Gasteiger partial charge >= 0.3 is 0 Å². The number of pyridine rings is 1. The van der Waals surface area contributed by atoms with E-state index in [2.05, 4.69) is 4.98 Å². The van der Waals surface area contributed by atoms with E-state index in [0.717, 1.165) is 29.0 Å². The highest BCUT2D eigenvalue weighted by molar-refractivity contribution is 5.41. The first-order valence-electron chi connectivity index (χ1n) is 6.35. The predicted octanol–water partition coefficient (Wildman–Crippen LogP) is 2.72. The second-order valence-electron chi connectivity index (χ2n) is 4.83. The molecule has 0 aliphatic heterocycles. The van der Waals surface area contributed by atoms with Gasteiger partial charge in [0.2, 0.25) is 0 Å². The van der Waals surface area contributed by atoms with Gasteiger partial charge in [-0.25, -0.2) is 4.39 Å². The molecule has 0 aliphatic rings. The fourth-order valence-electron chi connectivity index (χ4n) is 2.26. The molecular weight excluding hydrogens is 231 g/mol. The third-order valence-corrected chi connectivity index (χ3v) is 3.30. The average molecular weight is 254 g/mol. The largest absolute Gasteiger partial charge is 0.496 e. The highest BCUT2D eigenvalue weighted by atomic mass is 19.1. The van der Waals surface area contributed by atoms with Crippen molar-refractivity contribution in [3.63, 3.8) is 0 Å². The molecule has 0 radical (unpaired) electrons. The molecule has 0 amide bonds. The quantitative estimate of drug-likeness (QED) is 0.849. The number of alkyl halides is 1. The molecule has 1 aromatic heterocycles. The Morgan fingerprint density at radius 2 is 2.11 bits per heavy atom. The summed E-state index contributed by atoms with van der Waals surface area (Å²) in [6.07, 6.45) is 3.21. The Kier molecular flexibility index (Phi) is 5.08. The van der Waals surface area contributed by atoms with Crippen molar-refractivity contribution in [1.82, 2.24) is 4.98 Å². The molecule has 1 aromatic rings. The first kappa shape index (κ1) is 14.9. The zero-order valence-electron chi connectivity index (χ0n) is 11.7. The van der Waals surface area contributed by atoms with Gasteiger partial charge in [-0.1, -0.05) is 13.3 Å². The summed E-state index contributed by atoms with van der Waals surface area (Å²) in [4.78, 5) is 4.33. The average Bonchev–Trinajstić information content (AvgIpc) is 2.34. The maximum Gasteiger partial charge on any atom is 0.128 e. The summed E-state index contributed by atoms with van der Waals surface area (Å²) in [5.74, 6) is 0.788. The van der Waals surface area contributed by atoms with Crippen molar-refractivity contribution in [1.29, 1.82) is 0 Å². The summed E-state index contributed by atoms with van der Waals surface area (Å²) in [7, 11) is 1.62. The van der Waals surface area contributed by atoms with Crippen molar-refractivity contribution in [3.05, 3.63) is 23.0 Å². The summed E-state index contributed by atoms with van der Waals surface area (Å²) >= 11 is 0. The molecule has 0 aromatic carbocycles. The third-order valence-electron chi connectivity index (χ3n) is 3.30. The van der Waals surface area contributed by atoms with Crippen molar-refractivity contribution >= 4 is 0 Å². The van der Waals surface area contributed by atoms with Crippen LogP contribution in [0.15, 0.2) is 6.20 Å². The number of methoxy groups -OCH3 is 1. The first-order valence-corrected chi connectivity index (χ1v) is 6.35. The van der Waals surface area contributed by atoms with E-state index in [-0.39, 0.29) is 13.0 Å². The number of rotatable bonds is 6. The Morgan fingerprint density at radius 3 is 2.61 bits per heavy atom. The number of ether oxygens (including phenoxy) is 1. The maximum absolute atomic E-state index is 14.5. The van der Waals surface area contributed by atoms with Crippen molar-refractivity contribution < 1.29 is 9.13 Å². The SMILES string of the molecule is CCCC(F)(CN)Cc1ncc(C)c(OC)c1C. The molecule has 0 bridgehead atoms. The van der Waals surface area contributed by atoms with Gasteiger partial charge in [-0.3, -0.25) is 4.98 Å². The van der Waals surface area contributed by atoms with E-state index < -0.39 is 5.67 Å². The van der Waals surface area contributed by atoms with Crippen LogP contribution in [0.5, 0.6) is 5.75 Å². The van der Waals surface area contributed by atoms with Crippen LogP contribution in [0.4, 0.5) is 4.39 Å². The van der Waals surface area contributed by atoms with Gasteiger partial charge in [-0.05, 0) is 20.3 Å². The number of aryl methyl sites for hydroxylation is 1. The molecule has 0 spiro atoms. The molecule has 0 saturated heterocycles. The van der Waals surface area contributed by atoms with Crippen molar-refractivity contribution in [2.24, 2.45) is 5.73 Å². The topological polar surface area (TPSA) is 48.1 Å². The number of nitrogens with zero attached hydrogens (tertiary/aromatic N) is 1. The van der Waals surface area contributed by atoms with Gasteiger partial charge in [0.15, 0.2) is 0 Å². The number of nitrogens with two attached hydrogens (primary N) is 1. The maximum atomic E-state index is 14.5. The van der Waals surface area contributed by atoms with Crippen molar-refractivity contribution in [3.8, 4) is 5.75 Å². The van der Waals surface area contributed by atoms with Crippen LogP contribution in [0.3, 0.4) is 0 Å². The minimum Gasteiger partial charge on any atom is -0.496 e. The van der Waals surface area contributed by atoms with Crippen LogP contribution in [0.2, 0.25) is 0 Å². The highest BCUT2D eigenvalue weighted by Crippen LogP contribution is 2.29. The molecule has 1 heterocycles. The van der Waals surface area contributed by atoms with Gasteiger partial charge in [0.25, 0.3) is 0 Å². The second kappa shape index (κ2) is 6.14. The molecular formula is C14H23FN2O. The van der Waals surface area contributed by atoms with E-state index in [1.807, 2.05) is 20.8 Å². The normalized spacial score (nSPS) is 14.3. The summed E-state index contributed by atoms with van der Waals surface area (Å²) in [6, 6.07) is 0. The van der Waals surface area contributed by atoms with Crippen LogP contribution in [-0.2, 0) is 6.42 Å². The standard InChI is InChI=1S/C14H23FN2O/c1-5-6-14(15,9-16)7-12-11(3)13(18-4)10(2)8-17-12/h8H,5-7,9,16H2,1-4H3. The lowest BCUT2D eigenvalue weighted by Crippen LogP contribution is -2.35. The van der Waals surface area contributed by atoms with Crippen LogP contribution in [-0.4, -0.2) is 24.3 Å². The highest BCUT2D eigenvalue weighted by Gasteiger charge is 2.29. The van der Waals surface area contributed by atoms with Crippen LogP contribution in [0, 0.1) is 13.8 Å². The monoisotopic (exact) mass is 254 g/mol. The molecule has 0 aliphatic carbocycles. The summed E-state index contributed by atoms with van der Waals surface area (Å²) < 4.78 is 19.8. The van der Waals surface area contributed by atoms with Crippen LogP contribution < -0.4 is 10.5 Å². The Labute approximate surface area is 109 Å². The lowest BCUT2D eigenvalue weighted by molar-refractivity contribution is 0.156. The van der Waals surface area contributed by atoms with E-state index >= 15 is 0 Å². The van der Waals surface area contributed by atoms with E-state index in [0.29, 0.717) is 6.42 Å². The fourth-order valence-corrected chi connectivity index (χ4v) is 2.26. The molecule has 102 valence electrons. The zero-order valence-corrected chi connectivity index (χ0v) is 11.7. The van der Waals surface area contributed by atoms with Crippen molar-refractivity contribution in [2.45, 2.75) is 45.7 Å². The lowest BCUT2D eigenvalue weighted by atomic mass is 9.92. The van der Waals surface area contributed by atoms with E-state index in [9.17, 15) is 4.39 Å². The van der Waals surface area contributed by atoms with Crippen LogP contribution >= 0.6 is 0 Å². The number of hydrogen-bond acceptors (Lipinski definition) is 3. The molecule has 2 N–H and O–H groups in total. The summed E-state index contributed by atoms with van der Waals surface area (Å²) in [6.45, 7) is 5.83. The third kappa shape index (κ3) is 3.19. The summed E-state index contributed by atoms with van der Waals surface area (Å²) in [5.41, 5.74) is 6.80. The lowest BCUT2D eigenvalue weighted by Gasteiger charge is -2.24. The Balaban J connectivity index is 3.04. The van der Waals surface area contributed by atoms with Gasteiger partial charge in [0, 0.05) is 30.3 Å². The number of aromatic nitrogens is 1. The van der Waals surface area contributed by atoms with Gasteiger partial charge < -0.3 is 10.5 Å². The predicted molar refractivity (Wildman–Crippen MR) is 71.8 cm³/mol. The van der Waals surface area contributed by atoms with E-state index in [4.69, 9.17) is 10.5 Å². The molecule has 18 heavy (non-hydrogen) atoms.